The molecular formula is C23H25NO2S. The highest BCUT2D eigenvalue weighted by molar-refractivity contribution is 7.89. The standard InChI is InChI=1S/C23H25NO2S/c1-17-12-14-20(15-13-17)27(25,26)24-16-22(21-10-6-7-11-23(21)24)18(2)19-8-4-3-5-9-19/h3-6,8-10,12-15,21,23H,7,11,16H2,1-2H3/b22-18-. The molecule has 0 saturated carbocycles. The molecule has 0 radical (unpaired) electrons. The van der Waals surface area contributed by atoms with Crippen LogP contribution in [0.1, 0.15) is 30.9 Å². The van der Waals surface area contributed by atoms with E-state index in [1.807, 2.05) is 37.3 Å². The fourth-order valence-electron chi connectivity index (χ4n) is 4.23. The second-order valence-corrected chi connectivity index (χ2v) is 9.37. The Labute approximate surface area is 162 Å². The van der Waals surface area contributed by atoms with E-state index in [1.54, 1.807) is 16.4 Å². The van der Waals surface area contributed by atoms with Crippen molar-refractivity contribution in [1.29, 1.82) is 0 Å². The lowest BCUT2D eigenvalue weighted by molar-refractivity contribution is 0.338. The molecule has 0 bridgehead atoms. The van der Waals surface area contributed by atoms with Crippen molar-refractivity contribution in [1.82, 2.24) is 4.31 Å². The average Bonchev–Trinajstić information content (AvgIpc) is 3.09. The monoisotopic (exact) mass is 379 g/mol. The van der Waals surface area contributed by atoms with Gasteiger partial charge in [-0.3, -0.25) is 0 Å². The molecule has 4 rings (SSSR count). The molecule has 1 aliphatic heterocycles. The second-order valence-electron chi connectivity index (χ2n) is 7.48. The normalized spacial score (nSPS) is 24.7. The van der Waals surface area contributed by atoms with E-state index in [2.05, 4.69) is 31.2 Å². The number of hydrogen-bond donors (Lipinski definition) is 0. The molecule has 3 nitrogen and oxygen atoms in total. The Morgan fingerprint density at radius 1 is 1.04 bits per heavy atom. The summed E-state index contributed by atoms with van der Waals surface area (Å²) in [6.07, 6.45) is 6.21. The van der Waals surface area contributed by atoms with Crippen molar-refractivity contribution in [3.63, 3.8) is 0 Å². The lowest BCUT2D eigenvalue weighted by Crippen LogP contribution is -2.38. The van der Waals surface area contributed by atoms with E-state index >= 15 is 0 Å². The summed E-state index contributed by atoms with van der Waals surface area (Å²) in [7, 11) is -3.51. The first-order chi connectivity index (χ1) is 13.0. The molecule has 0 amide bonds. The van der Waals surface area contributed by atoms with Crippen molar-refractivity contribution in [3.05, 3.63) is 83.4 Å². The molecule has 0 aromatic heterocycles. The van der Waals surface area contributed by atoms with Gasteiger partial charge in [0.05, 0.1) is 4.90 Å². The summed E-state index contributed by atoms with van der Waals surface area (Å²) < 4.78 is 28.5. The van der Waals surface area contributed by atoms with Gasteiger partial charge in [0.1, 0.15) is 0 Å². The molecule has 0 spiro atoms. The highest BCUT2D eigenvalue weighted by atomic mass is 32.2. The van der Waals surface area contributed by atoms with Gasteiger partial charge in [0.2, 0.25) is 10.0 Å². The first-order valence-electron chi connectivity index (χ1n) is 9.49. The number of allylic oxidation sites excluding steroid dienone is 2. The summed E-state index contributed by atoms with van der Waals surface area (Å²) in [6.45, 7) is 4.56. The van der Waals surface area contributed by atoms with Gasteiger partial charge in [-0.15, -0.1) is 0 Å². The summed E-state index contributed by atoms with van der Waals surface area (Å²) in [4.78, 5) is 0.389. The van der Waals surface area contributed by atoms with Gasteiger partial charge < -0.3 is 0 Å². The fourth-order valence-corrected chi connectivity index (χ4v) is 5.88. The van der Waals surface area contributed by atoms with Crippen molar-refractivity contribution in [2.24, 2.45) is 5.92 Å². The number of sulfonamides is 1. The van der Waals surface area contributed by atoms with Crippen LogP contribution in [0.15, 0.2) is 77.2 Å². The van der Waals surface area contributed by atoms with Crippen molar-refractivity contribution in [2.75, 3.05) is 6.54 Å². The summed E-state index contributed by atoms with van der Waals surface area (Å²) in [6, 6.07) is 17.5. The predicted molar refractivity (Wildman–Crippen MR) is 110 cm³/mol. The van der Waals surface area contributed by atoms with E-state index in [-0.39, 0.29) is 12.0 Å². The predicted octanol–water partition coefficient (Wildman–Crippen LogP) is 4.81. The third kappa shape index (κ3) is 3.28. The van der Waals surface area contributed by atoms with Crippen molar-refractivity contribution in [2.45, 2.75) is 37.6 Å². The molecule has 1 saturated heterocycles. The highest BCUT2D eigenvalue weighted by Gasteiger charge is 2.44. The summed E-state index contributed by atoms with van der Waals surface area (Å²) in [5, 5.41) is 0. The van der Waals surface area contributed by atoms with Crippen LogP contribution in [0, 0.1) is 12.8 Å². The zero-order valence-electron chi connectivity index (χ0n) is 15.8. The van der Waals surface area contributed by atoms with Gasteiger partial charge in [0.25, 0.3) is 0 Å². The van der Waals surface area contributed by atoms with Crippen molar-refractivity contribution >= 4 is 15.6 Å². The van der Waals surface area contributed by atoms with Crippen LogP contribution in [0.2, 0.25) is 0 Å². The molecule has 27 heavy (non-hydrogen) atoms. The molecule has 140 valence electrons. The van der Waals surface area contributed by atoms with Gasteiger partial charge in [-0.2, -0.15) is 4.31 Å². The van der Waals surface area contributed by atoms with Crippen LogP contribution in [-0.4, -0.2) is 25.3 Å². The van der Waals surface area contributed by atoms with Gasteiger partial charge >= 0.3 is 0 Å². The summed E-state index contributed by atoms with van der Waals surface area (Å²) >= 11 is 0. The summed E-state index contributed by atoms with van der Waals surface area (Å²) in [5.74, 6) is 0.166. The Hall–Kier alpha value is -2.17. The highest BCUT2D eigenvalue weighted by Crippen LogP contribution is 2.42. The molecule has 2 atom stereocenters. The second kappa shape index (κ2) is 7.10. The van der Waals surface area contributed by atoms with Gasteiger partial charge in [-0.25, -0.2) is 8.42 Å². The maximum absolute atomic E-state index is 13.4. The van der Waals surface area contributed by atoms with E-state index in [0.29, 0.717) is 11.4 Å². The zero-order valence-corrected chi connectivity index (χ0v) is 16.6. The number of hydrogen-bond acceptors (Lipinski definition) is 2. The SMILES string of the molecule is C/C(=C1\CN(S(=O)(=O)c2ccc(C)cc2)C2CCC=CC12)c1ccccc1. The molecule has 1 aliphatic carbocycles. The van der Waals surface area contributed by atoms with Crippen LogP contribution in [0.3, 0.4) is 0 Å². The van der Waals surface area contributed by atoms with E-state index in [4.69, 9.17) is 0 Å². The molecular weight excluding hydrogens is 354 g/mol. The van der Waals surface area contributed by atoms with E-state index in [1.165, 1.54) is 16.7 Å². The lowest BCUT2D eigenvalue weighted by atomic mass is 9.85. The van der Waals surface area contributed by atoms with Crippen molar-refractivity contribution in [3.8, 4) is 0 Å². The molecule has 1 fully saturated rings. The molecule has 2 aromatic carbocycles. The lowest BCUT2D eigenvalue weighted by Gasteiger charge is -2.28. The average molecular weight is 380 g/mol. The Kier molecular flexibility index (Phi) is 4.79. The molecule has 2 aliphatic rings. The number of fused-ring (bicyclic) bond motifs is 1. The first-order valence-corrected chi connectivity index (χ1v) is 10.9. The zero-order chi connectivity index (χ0) is 19.0. The van der Waals surface area contributed by atoms with E-state index in [9.17, 15) is 8.42 Å². The molecule has 4 heteroatoms. The maximum atomic E-state index is 13.4. The summed E-state index contributed by atoms with van der Waals surface area (Å²) in [5.41, 5.74) is 4.64. The quantitative estimate of drug-likeness (QED) is 0.718. The Balaban J connectivity index is 1.77. The molecule has 2 unspecified atom stereocenters. The van der Waals surface area contributed by atoms with Gasteiger partial charge in [0, 0.05) is 18.5 Å². The van der Waals surface area contributed by atoms with Crippen LogP contribution in [0.25, 0.3) is 5.57 Å². The number of aryl methyl sites for hydroxylation is 1. The molecule has 2 aromatic rings. The largest absolute Gasteiger partial charge is 0.243 e. The Bertz CT molecular complexity index is 988. The van der Waals surface area contributed by atoms with E-state index < -0.39 is 10.0 Å². The smallest absolute Gasteiger partial charge is 0.207 e. The fraction of sp³-hybridized carbons (Fsp3) is 0.304. The van der Waals surface area contributed by atoms with Crippen LogP contribution >= 0.6 is 0 Å². The molecule has 1 heterocycles. The van der Waals surface area contributed by atoms with E-state index in [0.717, 1.165) is 18.4 Å². The maximum Gasteiger partial charge on any atom is 0.243 e. The van der Waals surface area contributed by atoms with Crippen LogP contribution in [0.5, 0.6) is 0 Å². The minimum absolute atomic E-state index is 0.00923. The van der Waals surface area contributed by atoms with Gasteiger partial charge in [-0.05, 0) is 55.5 Å². The first kappa shape index (κ1) is 18.2. The molecule has 0 N–H and O–H groups in total. The number of benzene rings is 2. The minimum Gasteiger partial charge on any atom is -0.207 e. The van der Waals surface area contributed by atoms with Crippen LogP contribution in [0.4, 0.5) is 0 Å². The third-order valence-electron chi connectivity index (χ3n) is 5.80. The van der Waals surface area contributed by atoms with Gasteiger partial charge in [-0.1, -0.05) is 60.2 Å². The van der Waals surface area contributed by atoms with Crippen LogP contribution < -0.4 is 0 Å². The van der Waals surface area contributed by atoms with Crippen molar-refractivity contribution < 1.29 is 8.42 Å². The van der Waals surface area contributed by atoms with Crippen LogP contribution in [-0.2, 0) is 10.0 Å². The number of nitrogens with zero attached hydrogens (tertiary/aromatic N) is 1. The number of rotatable bonds is 3. The third-order valence-corrected chi connectivity index (χ3v) is 7.69. The Morgan fingerprint density at radius 3 is 2.44 bits per heavy atom. The topological polar surface area (TPSA) is 37.4 Å². The minimum atomic E-state index is -3.51. The van der Waals surface area contributed by atoms with Gasteiger partial charge in [0.15, 0.2) is 0 Å². The Morgan fingerprint density at radius 2 is 1.74 bits per heavy atom.